The van der Waals surface area contributed by atoms with E-state index in [0.717, 1.165) is 11.1 Å². The molecule has 0 fully saturated rings. The Morgan fingerprint density at radius 1 is 0.953 bits per heavy atom. The molecule has 0 bridgehead atoms. The summed E-state index contributed by atoms with van der Waals surface area (Å²) in [5.74, 6) is -1.45. The number of anilines is 2. The molecule has 2 amide bonds. The van der Waals surface area contributed by atoms with Gasteiger partial charge in [-0.3, -0.25) is 9.59 Å². The van der Waals surface area contributed by atoms with Gasteiger partial charge in [-0.25, -0.2) is 4.79 Å². The van der Waals surface area contributed by atoms with E-state index in [4.69, 9.17) is 19.9 Å². The number of methoxy groups -OCH3 is 1. The number of para-hydroxylation sites is 2. The van der Waals surface area contributed by atoms with E-state index in [0.29, 0.717) is 42.0 Å². The van der Waals surface area contributed by atoms with Crippen LogP contribution in [0.4, 0.5) is 11.4 Å². The molecule has 10 heteroatoms. The number of aliphatic hydroxyl groups excluding tert-OH is 1. The molecule has 43 heavy (non-hydrogen) atoms. The van der Waals surface area contributed by atoms with Gasteiger partial charge in [0.25, 0.3) is 11.8 Å². The highest BCUT2D eigenvalue weighted by Crippen LogP contribution is 2.39. The highest BCUT2D eigenvalue weighted by Gasteiger charge is 2.37. The van der Waals surface area contributed by atoms with Gasteiger partial charge in [0.05, 0.1) is 24.0 Å². The average molecular weight is 588 g/mol. The van der Waals surface area contributed by atoms with Crippen LogP contribution in [0.25, 0.3) is 0 Å². The molecule has 3 aromatic carbocycles. The van der Waals surface area contributed by atoms with Crippen molar-refractivity contribution in [1.29, 1.82) is 0 Å². The Hall–Kier alpha value is -4.67. The lowest BCUT2D eigenvalue weighted by Crippen LogP contribution is -2.39. The van der Waals surface area contributed by atoms with Crippen LogP contribution in [0.3, 0.4) is 0 Å². The van der Waals surface area contributed by atoms with E-state index < -0.39 is 18.2 Å². The molecule has 1 aliphatic heterocycles. The molecule has 10 nitrogen and oxygen atoms in total. The number of nitrogens with one attached hydrogen (secondary N) is 2. The third-order valence-corrected chi connectivity index (χ3v) is 7.23. The average Bonchev–Trinajstić information content (AvgIpc) is 3.03. The number of hydrogen-bond acceptors (Lipinski definition) is 8. The van der Waals surface area contributed by atoms with Crippen LogP contribution in [-0.2, 0) is 25.5 Å². The molecule has 0 saturated carbocycles. The smallest absolute Gasteiger partial charge is 0.337 e. The Balaban J connectivity index is 1.47. The third kappa shape index (κ3) is 8.00. The van der Waals surface area contributed by atoms with Crippen molar-refractivity contribution in [3.05, 3.63) is 107 Å². The van der Waals surface area contributed by atoms with Crippen LogP contribution in [0.1, 0.15) is 57.5 Å². The van der Waals surface area contributed by atoms with Crippen LogP contribution < -0.4 is 16.4 Å². The van der Waals surface area contributed by atoms with Crippen LogP contribution in [0, 0.1) is 5.92 Å². The van der Waals surface area contributed by atoms with Crippen molar-refractivity contribution in [2.45, 2.75) is 38.5 Å². The van der Waals surface area contributed by atoms with Gasteiger partial charge in [0.1, 0.15) is 0 Å². The topological polar surface area (TPSA) is 149 Å². The lowest BCUT2D eigenvalue weighted by atomic mass is 9.80. The van der Waals surface area contributed by atoms with Gasteiger partial charge < -0.3 is 35.7 Å². The van der Waals surface area contributed by atoms with E-state index in [9.17, 15) is 19.5 Å². The molecule has 5 N–H and O–H groups in total. The molecule has 0 spiro atoms. The van der Waals surface area contributed by atoms with E-state index in [1.165, 1.54) is 7.11 Å². The van der Waals surface area contributed by atoms with Crippen LogP contribution >= 0.6 is 0 Å². The lowest BCUT2D eigenvalue weighted by molar-refractivity contribution is -0.166. The predicted octanol–water partition coefficient (Wildman–Crippen LogP) is 4.37. The summed E-state index contributed by atoms with van der Waals surface area (Å²) in [6, 6.07) is 20.9. The summed E-state index contributed by atoms with van der Waals surface area (Å²) < 4.78 is 16.8. The molecule has 0 saturated heterocycles. The van der Waals surface area contributed by atoms with Crippen molar-refractivity contribution in [3.8, 4) is 0 Å². The maximum Gasteiger partial charge on any atom is 0.337 e. The summed E-state index contributed by atoms with van der Waals surface area (Å²) in [7, 11) is 1.33. The van der Waals surface area contributed by atoms with Gasteiger partial charge >= 0.3 is 5.97 Å². The molecule has 4 rings (SSSR count). The highest BCUT2D eigenvalue weighted by molar-refractivity contribution is 6.05. The molecule has 0 unspecified atom stereocenters. The molecule has 3 atom stereocenters. The van der Waals surface area contributed by atoms with E-state index in [2.05, 4.69) is 10.6 Å². The molecular formula is C33H37N3O7. The Labute approximate surface area is 250 Å². The van der Waals surface area contributed by atoms with Crippen LogP contribution in [0.5, 0.6) is 0 Å². The first kappa shape index (κ1) is 31.3. The summed E-state index contributed by atoms with van der Waals surface area (Å²) >= 11 is 0. The van der Waals surface area contributed by atoms with E-state index in [1.54, 1.807) is 66.7 Å². The maximum absolute atomic E-state index is 13.3. The van der Waals surface area contributed by atoms with E-state index in [1.807, 2.05) is 19.1 Å². The van der Waals surface area contributed by atoms with Gasteiger partial charge in [-0.05, 0) is 73.4 Å². The quantitative estimate of drug-likeness (QED) is 0.180. The molecule has 1 aliphatic rings. The number of nitrogen functional groups attached to an aromatic ring is 1. The fourth-order valence-electron chi connectivity index (χ4n) is 4.95. The minimum Gasteiger partial charge on any atom is -0.465 e. The summed E-state index contributed by atoms with van der Waals surface area (Å²) in [5.41, 5.74) is 9.45. The molecule has 0 aromatic heterocycles. The summed E-state index contributed by atoms with van der Waals surface area (Å²) in [6.45, 7) is 2.45. The van der Waals surface area contributed by atoms with Crippen molar-refractivity contribution in [2.24, 2.45) is 5.92 Å². The molecule has 226 valence electrons. The fraction of sp³-hybridized carbons (Fsp3) is 0.303. The zero-order valence-electron chi connectivity index (χ0n) is 24.2. The molecule has 3 aromatic rings. The van der Waals surface area contributed by atoms with Crippen LogP contribution in [0.2, 0.25) is 0 Å². The van der Waals surface area contributed by atoms with E-state index >= 15 is 0 Å². The summed E-state index contributed by atoms with van der Waals surface area (Å²) in [6.07, 6.45) is 2.20. The molecule has 0 radical (unpaired) electrons. The second-order valence-corrected chi connectivity index (χ2v) is 10.1. The SMILES string of the molecule is CCO[C@@H]1OC(C(=O)NCc2ccc(C(=O)Nc3ccccc3N)cc2)=C[C@H](c2ccc(C(=O)OC)cc2)[C@@H]1CCCO. The van der Waals surface area contributed by atoms with Crippen molar-refractivity contribution in [1.82, 2.24) is 5.32 Å². The first-order valence-electron chi connectivity index (χ1n) is 14.2. The van der Waals surface area contributed by atoms with Crippen LogP contribution in [-0.4, -0.2) is 49.5 Å². The van der Waals surface area contributed by atoms with Gasteiger partial charge in [0.15, 0.2) is 5.76 Å². The summed E-state index contributed by atoms with van der Waals surface area (Å²) in [5, 5.41) is 15.2. The number of aliphatic hydroxyl groups is 1. The number of ether oxygens (including phenoxy) is 3. The Morgan fingerprint density at radius 2 is 1.65 bits per heavy atom. The predicted molar refractivity (Wildman–Crippen MR) is 162 cm³/mol. The van der Waals surface area contributed by atoms with Gasteiger partial charge in [-0.2, -0.15) is 0 Å². The fourth-order valence-corrected chi connectivity index (χ4v) is 4.95. The summed E-state index contributed by atoms with van der Waals surface area (Å²) in [4.78, 5) is 37.8. The first-order valence-corrected chi connectivity index (χ1v) is 14.2. The number of benzene rings is 3. The van der Waals surface area contributed by atoms with Gasteiger partial charge in [-0.1, -0.05) is 36.4 Å². The molecule has 1 heterocycles. The second kappa shape index (κ2) is 15.0. The van der Waals surface area contributed by atoms with Crippen molar-refractivity contribution >= 4 is 29.2 Å². The highest BCUT2D eigenvalue weighted by atomic mass is 16.7. The Morgan fingerprint density at radius 3 is 2.30 bits per heavy atom. The number of carbonyl (C=O) groups is 3. The van der Waals surface area contributed by atoms with Crippen molar-refractivity contribution in [3.63, 3.8) is 0 Å². The molecular weight excluding hydrogens is 550 g/mol. The number of allylic oxidation sites excluding steroid dienone is 1. The van der Waals surface area contributed by atoms with Crippen LogP contribution in [0.15, 0.2) is 84.6 Å². The number of rotatable bonds is 12. The second-order valence-electron chi connectivity index (χ2n) is 10.1. The zero-order valence-corrected chi connectivity index (χ0v) is 24.2. The largest absolute Gasteiger partial charge is 0.465 e. The molecule has 0 aliphatic carbocycles. The number of amides is 2. The third-order valence-electron chi connectivity index (χ3n) is 7.23. The zero-order chi connectivity index (χ0) is 30.8. The minimum absolute atomic E-state index is 0.0150. The lowest BCUT2D eigenvalue weighted by Gasteiger charge is -2.37. The van der Waals surface area contributed by atoms with Gasteiger partial charge in [0.2, 0.25) is 6.29 Å². The normalized spacial score (nSPS) is 17.7. The number of esters is 1. The Bertz CT molecular complexity index is 1440. The number of carbonyl (C=O) groups excluding carboxylic acids is 3. The first-order chi connectivity index (χ1) is 20.8. The monoisotopic (exact) mass is 587 g/mol. The van der Waals surface area contributed by atoms with Crippen molar-refractivity contribution in [2.75, 3.05) is 31.4 Å². The van der Waals surface area contributed by atoms with Gasteiger partial charge in [0, 0.05) is 37.2 Å². The van der Waals surface area contributed by atoms with Gasteiger partial charge in [-0.15, -0.1) is 0 Å². The minimum atomic E-state index is -0.705. The maximum atomic E-state index is 13.3. The Kier molecular flexibility index (Phi) is 10.9. The number of hydrogen-bond donors (Lipinski definition) is 4. The standard InChI is InChI=1S/C33H37N3O7/c1-3-42-33-25(7-6-18-37)26(22-14-16-24(17-15-22)32(40)41-2)19-29(43-33)31(39)35-20-21-10-12-23(13-11-21)30(38)36-28-9-5-4-8-27(28)34/h4-5,8-17,19,25-26,33,37H,3,6-7,18,20,34H2,1-2H3,(H,35,39)(H,36,38)/t25-,26+,33+/m0/s1. The van der Waals surface area contributed by atoms with Crippen molar-refractivity contribution < 1.29 is 33.7 Å². The van der Waals surface area contributed by atoms with E-state index in [-0.39, 0.29) is 36.7 Å². The number of nitrogens with two attached hydrogens (primary N) is 1.